The van der Waals surface area contributed by atoms with Crippen LogP contribution in [0.25, 0.3) is 0 Å². The van der Waals surface area contributed by atoms with Crippen molar-refractivity contribution in [3.05, 3.63) is 0 Å². The van der Waals surface area contributed by atoms with E-state index in [1.54, 1.807) is 4.90 Å². The number of fused-ring (bicyclic) bond motifs is 1. The molecule has 1 heterocycles. The van der Waals surface area contributed by atoms with Gasteiger partial charge in [0.2, 0.25) is 5.91 Å². The van der Waals surface area contributed by atoms with Gasteiger partial charge in [0.1, 0.15) is 5.88 Å². The lowest BCUT2D eigenvalue weighted by Gasteiger charge is -2.16. The maximum atomic E-state index is 11.0. The highest BCUT2D eigenvalue weighted by Gasteiger charge is 2.55. The van der Waals surface area contributed by atoms with Gasteiger partial charge in [0, 0.05) is 24.9 Å². The molecule has 3 atom stereocenters. The molecule has 11 heavy (non-hydrogen) atoms. The van der Waals surface area contributed by atoms with E-state index in [4.69, 9.17) is 16.7 Å². The van der Waals surface area contributed by atoms with E-state index in [2.05, 4.69) is 0 Å². The zero-order chi connectivity index (χ0) is 8.01. The predicted molar refractivity (Wildman–Crippen MR) is 40.3 cm³/mol. The van der Waals surface area contributed by atoms with Crippen LogP contribution in [0.1, 0.15) is 0 Å². The Hall–Kier alpha value is -0.280. The number of rotatable bonds is 1. The van der Waals surface area contributed by atoms with Crippen LogP contribution in [0.3, 0.4) is 0 Å². The van der Waals surface area contributed by atoms with Crippen molar-refractivity contribution in [1.29, 1.82) is 0 Å². The van der Waals surface area contributed by atoms with Crippen LogP contribution < -0.4 is 0 Å². The Balaban J connectivity index is 1.90. The fraction of sp³-hybridized carbons (Fsp3) is 0.857. The minimum absolute atomic E-state index is 0.00827. The van der Waals surface area contributed by atoms with E-state index in [0.717, 1.165) is 0 Å². The highest BCUT2D eigenvalue weighted by Crippen LogP contribution is 2.45. The number of amides is 1. The normalized spacial score (nSPS) is 40.5. The second kappa shape index (κ2) is 2.35. The Morgan fingerprint density at radius 2 is 2.09 bits per heavy atom. The van der Waals surface area contributed by atoms with Crippen molar-refractivity contribution in [2.24, 2.45) is 11.8 Å². The summed E-state index contributed by atoms with van der Waals surface area (Å²) in [5.74, 6) is 0.755. The SMILES string of the molecule is O=C(CCl)N1C[C@@H]2C(O)[C@@H]2C1. The zero-order valence-corrected chi connectivity index (χ0v) is 6.79. The number of piperidine rings is 1. The van der Waals surface area contributed by atoms with Crippen molar-refractivity contribution in [2.75, 3.05) is 19.0 Å². The van der Waals surface area contributed by atoms with Gasteiger partial charge >= 0.3 is 0 Å². The van der Waals surface area contributed by atoms with Gasteiger partial charge in [0.15, 0.2) is 0 Å². The van der Waals surface area contributed by atoms with Crippen molar-refractivity contribution in [1.82, 2.24) is 4.90 Å². The molecule has 0 aromatic rings. The summed E-state index contributed by atoms with van der Waals surface area (Å²) in [5, 5.41) is 9.15. The smallest absolute Gasteiger partial charge is 0.237 e. The lowest BCUT2D eigenvalue weighted by Crippen LogP contribution is -2.33. The third-order valence-corrected chi connectivity index (χ3v) is 2.84. The Morgan fingerprint density at radius 3 is 2.55 bits per heavy atom. The Bertz CT molecular complexity index is 185. The molecule has 62 valence electrons. The molecule has 0 bridgehead atoms. The van der Waals surface area contributed by atoms with Crippen LogP contribution in [0, 0.1) is 11.8 Å². The van der Waals surface area contributed by atoms with Crippen LogP contribution >= 0.6 is 11.6 Å². The molecule has 0 spiro atoms. The average Bonchev–Trinajstić information content (AvgIpc) is 2.55. The summed E-state index contributed by atoms with van der Waals surface area (Å²) in [6.07, 6.45) is -0.144. The van der Waals surface area contributed by atoms with E-state index < -0.39 is 0 Å². The first-order valence-electron chi connectivity index (χ1n) is 3.76. The fourth-order valence-electron chi connectivity index (χ4n) is 1.78. The van der Waals surface area contributed by atoms with E-state index in [0.29, 0.717) is 24.9 Å². The molecule has 1 N–H and O–H groups in total. The number of carbonyl (C=O) groups excluding carboxylic acids is 1. The summed E-state index contributed by atoms with van der Waals surface area (Å²) in [7, 11) is 0. The maximum Gasteiger partial charge on any atom is 0.237 e. The van der Waals surface area contributed by atoms with Gasteiger partial charge in [-0.2, -0.15) is 0 Å². The van der Waals surface area contributed by atoms with Crippen LogP contribution in [0.5, 0.6) is 0 Å². The molecule has 2 fully saturated rings. The van der Waals surface area contributed by atoms with Gasteiger partial charge in [-0.1, -0.05) is 0 Å². The highest BCUT2D eigenvalue weighted by atomic mass is 35.5. The standard InChI is InChI=1S/C7H10ClNO2/c8-1-6(10)9-2-4-5(3-9)7(4)11/h4-5,7,11H,1-3H2/t4-,5+,7?. The molecule has 1 saturated carbocycles. The van der Waals surface area contributed by atoms with Gasteiger partial charge in [0.05, 0.1) is 6.10 Å². The molecule has 4 heteroatoms. The summed E-state index contributed by atoms with van der Waals surface area (Å²) in [6, 6.07) is 0. The zero-order valence-electron chi connectivity index (χ0n) is 6.03. The molecule has 2 rings (SSSR count). The van der Waals surface area contributed by atoms with Crippen LogP contribution in [-0.4, -0.2) is 41.0 Å². The van der Waals surface area contributed by atoms with E-state index >= 15 is 0 Å². The minimum Gasteiger partial charge on any atom is -0.392 e. The van der Waals surface area contributed by atoms with E-state index in [9.17, 15) is 4.79 Å². The third kappa shape index (κ3) is 1.03. The molecule has 0 radical (unpaired) electrons. The number of likely N-dealkylation sites (tertiary alicyclic amines) is 1. The average molecular weight is 176 g/mol. The number of hydrogen-bond acceptors (Lipinski definition) is 2. The summed E-state index contributed by atoms with van der Waals surface area (Å²) in [5.41, 5.74) is 0. The molecule has 1 aliphatic carbocycles. The summed E-state index contributed by atoms with van der Waals surface area (Å²) < 4.78 is 0. The van der Waals surface area contributed by atoms with Gasteiger partial charge in [-0.25, -0.2) is 0 Å². The topological polar surface area (TPSA) is 40.5 Å². The first-order chi connectivity index (χ1) is 5.24. The van der Waals surface area contributed by atoms with Crippen molar-refractivity contribution in [3.8, 4) is 0 Å². The van der Waals surface area contributed by atoms with Crippen molar-refractivity contribution >= 4 is 17.5 Å². The number of alkyl halides is 1. The van der Waals surface area contributed by atoms with E-state index in [-0.39, 0.29) is 17.9 Å². The molecule has 1 unspecified atom stereocenters. The molecule has 2 aliphatic rings. The number of aliphatic hydroxyl groups excluding tert-OH is 1. The van der Waals surface area contributed by atoms with E-state index in [1.807, 2.05) is 0 Å². The molecular weight excluding hydrogens is 166 g/mol. The largest absolute Gasteiger partial charge is 0.392 e. The molecule has 3 nitrogen and oxygen atoms in total. The highest BCUT2D eigenvalue weighted by molar-refractivity contribution is 6.27. The number of halogens is 1. The molecule has 1 amide bonds. The second-order valence-electron chi connectivity index (χ2n) is 3.25. The number of carbonyl (C=O) groups is 1. The van der Waals surface area contributed by atoms with Crippen molar-refractivity contribution < 1.29 is 9.90 Å². The van der Waals surface area contributed by atoms with Crippen molar-refractivity contribution in [3.63, 3.8) is 0 Å². The molecule has 0 aromatic heterocycles. The Morgan fingerprint density at radius 1 is 1.55 bits per heavy atom. The van der Waals surface area contributed by atoms with E-state index in [1.165, 1.54) is 0 Å². The van der Waals surface area contributed by atoms with Crippen LogP contribution in [0.2, 0.25) is 0 Å². The van der Waals surface area contributed by atoms with Crippen LogP contribution in [0.15, 0.2) is 0 Å². The Kier molecular flexibility index (Phi) is 1.58. The lowest BCUT2D eigenvalue weighted by molar-refractivity contribution is -0.128. The van der Waals surface area contributed by atoms with Gasteiger partial charge in [-0.15, -0.1) is 11.6 Å². The predicted octanol–water partition coefficient (Wildman–Crippen LogP) is -0.326. The number of hydrogen-bond donors (Lipinski definition) is 1. The van der Waals surface area contributed by atoms with Gasteiger partial charge in [-0.3, -0.25) is 4.79 Å². The second-order valence-corrected chi connectivity index (χ2v) is 3.52. The summed E-state index contributed by atoms with van der Waals surface area (Å²) in [6.45, 7) is 1.41. The molecule has 1 saturated heterocycles. The minimum atomic E-state index is -0.144. The monoisotopic (exact) mass is 175 g/mol. The number of nitrogens with zero attached hydrogens (tertiary/aromatic N) is 1. The fourth-order valence-corrected chi connectivity index (χ4v) is 1.95. The van der Waals surface area contributed by atoms with Crippen molar-refractivity contribution in [2.45, 2.75) is 6.10 Å². The molecular formula is C7H10ClNO2. The maximum absolute atomic E-state index is 11.0. The summed E-state index contributed by atoms with van der Waals surface area (Å²) >= 11 is 5.38. The first-order valence-corrected chi connectivity index (χ1v) is 4.29. The quantitative estimate of drug-likeness (QED) is 0.555. The molecule has 1 aliphatic heterocycles. The van der Waals surface area contributed by atoms with Gasteiger partial charge in [0.25, 0.3) is 0 Å². The molecule has 0 aromatic carbocycles. The first kappa shape index (κ1) is 7.37. The van der Waals surface area contributed by atoms with Gasteiger partial charge in [-0.05, 0) is 0 Å². The van der Waals surface area contributed by atoms with Crippen LogP contribution in [-0.2, 0) is 4.79 Å². The summed E-state index contributed by atoms with van der Waals surface area (Å²) in [4.78, 5) is 12.7. The van der Waals surface area contributed by atoms with Crippen LogP contribution in [0.4, 0.5) is 0 Å². The lowest BCUT2D eigenvalue weighted by atomic mass is 10.4. The number of aliphatic hydroxyl groups is 1. The van der Waals surface area contributed by atoms with Gasteiger partial charge < -0.3 is 10.0 Å². The third-order valence-electron chi connectivity index (χ3n) is 2.62. The Labute approximate surface area is 69.9 Å².